The van der Waals surface area contributed by atoms with Gasteiger partial charge in [0.25, 0.3) is 0 Å². The topological polar surface area (TPSA) is 0 Å². The van der Waals surface area contributed by atoms with Gasteiger partial charge in [-0.3, -0.25) is 0 Å². The Morgan fingerprint density at radius 2 is 0.438 bits per heavy atom. The summed E-state index contributed by atoms with van der Waals surface area (Å²) in [5, 5.41) is 10.5. The molecule has 0 saturated heterocycles. The van der Waals surface area contributed by atoms with Crippen LogP contribution < -0.4 is 0 Å². The summed E-state index contributed by atoms with van der Waals surface area (Å²) in [6.07, 6.45) is 0. The molecular weight excluding hydrogens is 877 g/mol. The zero-order valence-corrected chi connectivity index (χ0v) is 42.3. The van der Waals surface area contributed by atoms with Crippen molar-refractivity contribution in [1.82, 2.24) is 0 Å². The van der Waals surface area contributed by atoms with Crippen molar-refractivity contribution in [2.75, 3.05) is 0 Å². The van der Waals surface area contributed by atoms with E-state index in [-0.39, 0.29) is 16.2 Å². The van der Waals surface area contributed by atoms with Gasteiger partial charge in [-0.15, -0.1) is 0 Å². The summed E-state index contributed by atoms with van der Waals surface area (Å²) in [6, 6.07) is 83.1. The number of hydrogen-bond donors (Lipinski definition) is 0. The molecule has 0 N–H and O–H groups in total. The number of fused-ring (bicyclic) bond motifs is 17. The summed E-state index contributed by atoms with van der Waals surface area (Å²) in [4.78, 5) is 0. The Kier molecular flexibility index (Phi) is 8.63. The van der Waals surface area contributed by atoms with Crippen molar-refractivity contribution in [3.8, 4) is 77.9 Å². The minimum Gasteiger partial charge on any atom is -0.0622 e. The van der Waals surface area contributed by atoms with Crippen LogP contribution in [0.5, 0.6) is 0 Å². The molecule has 0 nitrogen and oxygen atoms in total. The summed E-state index contributed by atoms with van der Waals surface area (Å²) in [5.74, 6) is 0. The van der Waals surface area contributed by atoms with E-state index in [4.69, 9.17) is 0 Å². The summed E-state index contributed by atoms with van der Waals surface area (Å²) in [7, 11) is 0. The predicted octanol–water partition coefficient (Wildman–Crippen LogP) is 19.9. The van der Waals surface area contributed by atoms with Gasteiger partial charge in [-0.05, 0) is 191 Å². The van der Waals surface area contributed by atoms with E-state index in [1.165, 1.54) is 154 Å². The van der Waals surface area contributed by atoms with Gasteiger partial charge < -0.3 is 0 Å². The lowest BCUT2D eigenvalue weighted by Gasteiger charge is -2.25. The van der Waals surface area contributed by atoms with Crippen LogP contribution >= 0.6 is 0 Å². The second kappa shape index (κ2) is 14.9. The van der Waals surface area contributed by atoms with E-state index in [1.54, 1.807) is 0 Å². The lowest BCUT2D eigenvalue weighted by molar-refractivity contribution is 0.660. The van der Waals surface area contributed by atoms with Crippen LogP contribution in [0.2, 0.25) is 0 Å². The Morgan fingerprint density at radius 1 is 0.192 bits per heavy atom. The molecule has 0 saturated carbocycles. The first-order valence-corrected chi connectivity index (χ1v) is 26.2. The molecule has 0 unspecified atom stereocenters. The molecule has 15 rings (SSSR count). The third-order valence-electron chi connectivity index (χ3n) is 17.8. The molecule has 12 aromatic carbocycles. The van der Waals surface area contributed by atoms with Gasteiger partial charge in [0.1, 0.15) is 0 Å². The van der Waals surface area contributed by atoms with Gasteiger partial charge in [0.2, 0.25) is 0 Å². The van der Waals surface area contributed by atoms with Gasteiger partial charge in [-0.25, -0.2) is 0 Å². The van der Waals surface area contributed by atoms with Gasteiger partial charge in [0.05, 0.1) is 0 Å². The third kappa shape index (κ3) is 5.73. The van der Waals surface area contributed by atoms with E-state index in [0.29, 0.717) is 0 Å². The number of hydrogen-bond acceptors (Lipinski definition) is 0. The van der Waals surface area contributed by atoms with Crippen LogP contribution in [0.3, 0.4) is 0 Å². The summed E-state index contributed by atoms with van der Waals surface area (Å²) < 4.78 is 0. The molecule has 0 fully saturated rings. The predicted molar refractivity (Wildman–Crippen MR) is 311 cm³/mol. The molecule has 346 valence electrons. The van der Waals surface area contributed by atoms with E-state index >= 15 is 0 Å². The number of rotatable bonds is 4. The number of benzene rings is 12. The molecule has 0 heterocycles. The smallest absolute Gasteiger partial charge is 0.0159 e. The zero-order chi connectivity index (χ0) is 49.1. The van der Waals surface area contributed by atoms with Crippen LogP contribution in [0, 0.1) is 0 Å². The Hall–Kier alpha value is -8.32. The Balaban J connectivity index is 0.862. The minimum atomic E-state index is -0.222. The first kappa shape index (κ1) is 42.4. The van der Waals surface area contributed by atoms with Gasteiger partial charge in [-0.2, -0.15) is 0 Å². The highest BCUT2D eigenvalue weighted by molar-refractivity contribution is 6.18. The monoisotopic (exact) mass is 930 g/mol. The minimum absolute atomic E-state index is 0.210. The van der Waals surface area contributed by atoms with Gasteiger partial charge in [0, 0.05) is 16.2 Å². The molecule has 73 heavy (non-hydrogen) atoms. The van der Waals surface area contributed by atoms with Crippen LogP contribution in [-0.2, 0) is 16.2 Å². The molecule has 0 amide bonds. The molecule has 3 aliphatic rings. The fourth-order valence-corrected chi connectivity index (χ4v) is 14.1. The van der Waals surface area contributed by atoms with Crippen molar-refractivity contribution >= 4 is 43.1 Å². The van der Waals surface area contributed by atoms with E-state index in [9.17, 15) is 0 Å². The van der Waals surface area contributed by atoms with Crippen molar-refractivity contribution in [3.63, 3.8) is 0 Å². The first-order chi connectivity index (χ1) is 35.5. The summed E-state index contributed by atoms with van der Waals surface area (Å²) in [5.41, 5.74) is 26.2. The summed E-state index contributed by atoms with van der Waals surface area (Å²) >= 11 is 0. The van der Waals surface area contributed by atoms with Crippen molar-refractivity contribution in [1.29, 1.82) is 0 Å². The maximum absolute atomic E-state index is 2.55. The molecule has 0 radical (unpaired) electrons. The molecular formula is C73H54. The van der Waals surface area contributed by atoms with Crippen molar-refractivity contribution in [2.45, 2.75) is 57.8 Å². The van der Waals surface area contributed by atoms with E-state index in [1.807, 2.05) is 0 Å². The second-order valence-electron chi connectivity index (χ2n) is 22.7. The SMILES string of the molecule is CC1(C)c2cc(-c3cc4c(c5ccccc35)-c3c(cc(-c5ccccc5)c5ccccc35)C4(C)C)ccc2-c2ccc(-c3cc4c(c5ccccc35)-c3c(cc(-c5ccccc5)c5ccccc35)C4(C)C)cc21. The zero-order valence-electron chi connectivity index (χ0n) is 42.3. The van der Waals surface area contributed by atoms with Crippen LogP contribution in [0.25, 0.3) is 121 Å². The fraction of sp³-hybridized carbons (Fsp3) is 0.123. The van der Waals surface area contributed by atoms with Gasteiger partial charge in [0.15, 0.2) is 0 Å². The normalized spacial score (nSPS) is 15.0. The van der Waals surface area contributed by atoms with Crippen molar-refractivity contribution in [3.05, 3.63) is 252 Å². The van der Waals surface area contributed by atoms with Gasteiger partial charge >= 0.3 is 0 Å². The molecule has 0 spiro atoms. The standard InChI is InChI=1S/C73H54/c1-71(2)61-37-45(59-41-65-69(55-31-19-15-27-49(55)59)67-53-29-17-13-25-47(53)57(39-63(67)72(65,3)4)43-21-9-7-10-22-43)33-35-51(61)52-36-34-46(38-62(52)71)60-42-66-70(56-32-20-16-28-50(56)60)68-54-30-18-14-26-48(54)58(40-64(68)73(66,5)6)44-23-11-8-12-24-44/h7-42H,1-6H3. The van der Waals surface area contributed by atoms with Crippen LogP contribution in [-0.4, -0.2) is 0 Å². The molecule has 0 atom stereocenters. The van der Waals surface area contributed by atoms with E-state index < -0.39 is 0 Å². The lowest BCUT2D eigenvalue weighted by Crippen LogP contribution is -2.16. The molecule has 3 aliphatic carbocycles. The highest BCUT2D eigenvalue weighted by atomic mass is 14.4. The maximum atomic E-state index is 2.55. The highest BCUT2D eigenvalue weighted by Crippen LogP contribution is 2.60. The lowest BCUT2D eigenvalue weighted by atomic mass is 9.78. The Bertz CT molecular complexity index is 4090. The average Bonchev–Trinajstić information content (AvgIpc) is 3.91. The Labute approximate surface area is 428 Å². The van der Waals surface area contributed by atoms with Gasteiger partial charge in [-0.1, -0.05) is 224 Å². The molecule has 12 aromatic rings. The molecule has 0 heteroatoms. The largest absolute Gasteiger partial charge is 0.0622 e. The van der Waals surface area contributed by atoms with Crippen LogP contribution in [0.4, 0.5) is 0 Å². The maximum Gasteiger partial charge on any atom is 0.0159 e. The Morgan fingerprint density at radius 3 is 0.740 bits per heavy atom. The van der Waals surface area contributed by atoms with Crippen LogP contribution in [0.15, 0.2) is 218 Å². The fourth-order valence-electron chi connectivity index (χ4n) is 14.1. The first-order valence-electron chi connectivity index (χ1n) is 26.2. The average molecular weight is 931 g/mol. The van der Waals surface area contributed by atoms with E-state index in [0.717, 1.165) is 0 Å². The quantitative estimate of drug-likeness (QED) is 0.165. The molecule has 0 bridgehead atoms. The summed E-state index contributed by atoms with van der Waals surface area (Å²) in [6.45, 7) is 14.6. The molecule has 0 aromatic heterocycles. The molecule has 0 aliphatic heterocycles. The second-order valence-corrected chi connectivity index (χ2v) is 22.7. The third-order valence-corrected chi connectivity index (χ3v) is 17.8. The van der Waals surface area contributed by atoms with E-state index in [2.05, 4.69) is 260 Å². The van der Waals surface area contributed by atoms with Crippen molar-refractivity contribution in [2.24, 2.45) is 0 Å². The highest BCUT2D eigenvalue weighted by Gasteiger charge is 2.42. The van der Waals surface area contributed by atoms with Crippen molar-refractivity contribution < 1.29 is 0 Å². The van der Waals surface area contributed by atoms with Crippen LogP contribution in [0.1, 0.15) is 74.9 Å².